The fraction of sp³-hybridized carbons (Fsp3) is 0.421. The first-order valence-electron chi connectivity index (χ1n) is 8.40. The molecule has 4 heteroatoms. The Morgan fingerprint density at radius 2 is 1.87 bits per heavy atom. The van der Waals surface area contributed by atoms with Crippen LogP contribution >= 0.6 is 0 Å². The molecule has 0 saturated carbocycles. The van der Waals surface area contributed by atoms with E-state index in [4.69, 9.17) is 4.74 Å². The Bertz CT molecular complexity index is 740. The summed E-state index contributed by atoms with van der Waals surface area (Å²) in [6.45, 7) is 4.60. The number of carbonyl (C=O) groups excluding carboxylic acids is 1. The Kier molecular flexibility index (Phi) is 3.69. The number of aryl methyl sites for hydroxylation is 2. The Hall–Kier alpha value is -2.07. The van der Waals surface area contributed by atoms with Crippen molar-refractivity contribution in [3.63, 3.8) is 0 Å². The third kappa shape index (κ3) is 2.57. The third-order valence-electron chi connectivity index (χ3n) is 4.94. The number of carbonyl (C=O) groups is 1. The Labute approximate surface area is 136 Å². The van der Waals surface area contributed by atoms with Crippen molar-refractivity contribution in [3.8, 4) is 0 Å². The van der Waals surface area contributed by atoms with E-state index in [1.165, 1.54) is 21.9 Å². The van der Waals surface area contributed by atoms with Crippen molar-refractivity contribution >= 4 is 22.4 Å². The molecule has 0 aromatic heterocycles. The highest BCUT2D eigenvalue weighted by molar-refractivity contribution is 6.00. The van der Waals surface area contributed by atoms with Gasteiger partial charge in [-0.25, -0.2) is 0 Å². The molecule has 4 rings (SSSR count). The molecule has 0 spiro atoms. The second kappa shape index (κ2) is 5.85. The largest absolute Gasteiger partial charge is 0.378 e. The quantitative estimate of drug-likeness (QED) is 0.947. The van der Waals surface area contributed by atoms with Crippen LogP contribution in [0.25, 0.3) is 10.8 Å². The lowest BCUT2D eigenvalue weighted by Crippen LogP contribution is -2.47. The van der Waals surface area contributed by atoms with Crippen LogP contribution in [-0.2, 0) is 22.4 Å². The van der Waals surface area contributed by atoms with Crippen LogP contribution in [0.2, 0.25) is 0 Å². The highest BCUT2D eigenvalue weighted by atomic mass is 16.5. The predicted octanol–water partition coefficient (Wildman–Crippen LogP) is 2.60. The fourth-order valence-corrected chi connectivity index (χ4v) is 3.73. The van der Waals surface area contributed by atoms with Gasteiger partial charge < -0.3 is 15.0 Å². The zero-order chi connectivity index (χ0) is 15.8. The Balaban J connectivity index is 1.59. The van der Waals surface area contributed by atoms with E-state index in [1.54, 1.807) is 0 Å². The van der Waals surface area contributed by atoms with Gasteiger partial charge in [0.15, 0.2) is 0 Å². The number of ether oxygens (including phenoxy) is 1. The van der Waals surface area contributed by atoms with Crippen molar-refractivity contribution in [2.75, 3.05) is 31.6 Å². The first-order valence-corrected chi connectivity index (χ1v) is 8.40. The number of amides is 1. The molecule has 1 amide bonds. The van der Waals surface area contributed by atoms with Crippen LogP contribution < -0.4 is 5.32 Å². The van der Waals surface area contributed by atoms with Crippen molar-refractivity contribution in [2.24, 2.45) is 0 Å². The molecule has 1 atom stereocenters. The molecule has 1 fully saturated rings. The van der Waals surface area contributed by atoms with Crippen LogP contribution in [0.4, 0.5) is 5.69 Å². The first kappa shape index (κ1) is 14.5. The summed E-state index contributed by atoms with van der Waals surface area (Å²) < 4.78 is 5.32. The number of hydrogen-bond donors (Lipinski definition) is 1. The van der Waals surface area contributed by atoms with Crippen molar-refractivity contribution in [3.05, 3.63) is 41.5 Å². The number of nitrogens with zero attached hydrogens (tertiary/aromatic N) is 1. The summed E-state index contributed by atoms with van der Waals surface area (Å²) in [5, 5.41) is 6.05. The molecule has 2 aliphatic rings. The highest BCUT2D eigenvalue weighted by Gasteiger charge is 2.23. The van der Waals surface area contributed by atoms with Crippen LogP contribution in [0.5, 0.6) is 0 Å². The molecule has 4 nitrogen and oxygen atoms in total. The molecule has 1 heterocycles. The first-order chi connectivity index (χ1) is 11.2. The highest BCUT2D eigenvalue weighted by Crippen LogP contribution is 2.35. The summed E-state index contributed by atoms with van der Waals surface area (Å²) in [5.41, 5.74) is 3.91. The van der Waals surface area contributed by atoms with Gasteiger partial charge in [-0.2, -0.15) is 0 Å². The standard InChI is InChI=1S/C19H22N2O2/c1-13(19(22)21-9-11-23-12-10-21)20-17-8-7-15-6-5-14-3-2-4-16(17)18(14)15/h2-4,7-8,13,20H,5-6,9-12H2,1H3. The van der Waals surface area contributed by atoms with Gasteiger partial charge in [0.1, 0.15) is 6.04 Å². The number of hydrogen-bond acceptors (Lipinski definition) is 3. The summed E-state index contributed by atoms with van der Waals surface area (Å²) in [5.74, 6) is 0.150. The van der Waals surface area contributed by atoms with Gasteiger partial charge >= 0.3 is 0 Å². The summed E-state index contributed by atoms with van der Waals surface area (Å²) in [7, 11) is 0. The van der Waals surface area contributed by atoms with Gasteiger partial charge in [0, 0.05) is 24.2 Å². The molecular formula is C19H22N2O2. The summed E-state index contributed by atoms with van der Waals surface area (Å²) in [6, 6.07) is 10.6. The van der Waals surface area contributed by atoms with Gasteiger partial charge in [-0.1, -0.05) is 24.3 Å². The van der Waals surface area contributed by atoms with Crippen molar-refractivity contribution in [1.82, 2.24) is 4.90 Å². The summed E-state index contributed by atoms with van der Waals surface area (Å²) in [6.07, 6.45) is 2.25. The van der Waals surface area contributed by atoms with E-state index >= 15 is 0 Å². The molecule has 0 bridgehead atoms. The van der Waals surface area contributed by atoms with Gasteiger partial charge in [-0.15, -0.1) is 0 Å². The zero-order valence-electron chi connectivity index (χ0n) is 13.5. The lowest BCUT2D eigenvalue weighted by molar-refractivity contribution is -0.135. The summed E-state index contributed by atoms with van der Waals surface area (Å²) >= 11 is 0. The van der Waals surface area contributed by atoms with Crippen molar-refractivity contribution < 1.29 is 9.53 Å². The van der Waals surface area contributed by atoms with E-state index in [1.807, 2.05) is 11.8 Å². The van der Waals surface area contributed by atoms with Crippen LogP contribution in [0.15, 0.2) is 30.3 Å². The van der Waals surface area contributed by atoms with Crippen LogP contribution in [0, 0.1) is 0 Å². The van der Waals surface area contributed by atoms with Gasteiger partial charge in [-0.05, 0) is 42.3 Å². The van der Waals surface area contributed by atoms with Crippen LogP contribution in [0.1, 0.15) is 18.1 Å². The molecule has 2 aromatic rings. The van der Waals surface area contributed by atoms with Crippen molar-refractivity contribution in [1.29, 1.82) is 0 Å². The molecular weight excluding hydrogens is 288 g/mol. The van der Waals surface area contributed by atoms with E-state index in [-0.39, 0.29) is 11.9 Å². The zero-order valence-corrected chi connectivity index (χ0v) is 13.5. The Morgan fingerprint density at radius 3 is 2.65 bits per heavy atom. The second-order valence-corrected chi connectivity index (χ2v) is 6.42. The van der Waals surface area contributed by atoms with Gasteiger partial charge in [0.25, 0.3) is 0 Å². The van der Waals surface area contributed by atoms with E-state index in [9.17, 15) is 4.79 Å². The minimum Gasteiger partial charge on any atom is -0.378 e. The molecule has 23 heavy (non-hydrogen) atoms. The number of nitrogens with one attached hydrogen (secondary N) is 1. The second-order valence-electron chi connectivity index (χ2n) is 6.42. The number of benzene rings is 2. The average molecular weight is 310 g/mol. The predicted molar refractivity (Wildman–Crippen MR) is 91.8 cm³/mol. The summed E-state index contributed by atoms with van der Waals surface area (Å²) in [4.78, 5) is 14.5. The number of anilines is 1. The minimum atomic E-state index is -0.230. The Morgan fingerprint density at radius 1 is 1.13 bits per heavy atom. The van der Waals surface area contributed by atoms with Crippen LogP contribution in [0.3, 0.4) is 0 Å². The fourth-order valence-electron chi connectivity index (χ4n) is 3.73. The SMILES string of the molecule is CC(Nc1ccc2c3c(cccc13)CC2)C(=O)N1CCOCC1. The molecule has 0 radical (unpaired) electrons. The molecule has 120 valence electrons. The molecule has 2 aromatic carbocycles. The van der Waals surface area contributed by atoms with Crippen LogP contribution in [-0.4, -0.2) is 43.2 Å². The molecule has 1 unspecified atom stereocenters. The monoisotopic (exact) mass is 310 g/mol. The maximum absolute atomic E-state index is 12.6. The number of morpholine rings is 1. The molecule has 1 N–H and O–H groups in total. The maximum Gasteiger partial charge on any atom is 0.244 e. The average Bonchev–Trinajstić information content (AvgIpc) is 3.02. The number of rotatable bonds is 3. The molecule has 1 aliphatic heterocycles. The van der Waals surface area contributed by atoms with Gasteiger partial charge in [0.05, 0.1) is 13.2 Å². The molecule has 1 saturated heterocycles. The van der Waals surface area contributed by atoms with E-state index in [0.717, 1.165) is 18.5 Å². The van der Waals surface area contributed by atoms with E-state index in [0.29, 0.717) is 26.3 Å². The minimum absolute atomic E-state index is 0.150. The lowest BCUT2D eigenvalue weighted by Gasteiger charge is -2.30. The third-order valence-corrected chi connectivity index (χ3v) is 4.94. The smallest absolute Gasteiger partial charge is 0.244 e. The normalized spacial score (nSPS) is 18.2. The van der Waals surface area contributed by atoms with Gasteiger partial charge in [0.2, 0.25) is 5.91 Å². The maximum atomic E-state index is 12.6. The topological polar surface area (TPSA) is 41.6 Å². The van der Waals surface area contributed by atoms with Gasteiger partial charge in [-0.3, -0.25) is 4.79 Å². The van der Waals surface area contributed by atoms with E-state index in [2.05, 4.69) is 35.6 Å². The van der Waals surface area contributed by atoms with Crippen molar-refractivity contribution in [2.45, 2.75) is 25.8 Å². The molecule has 1 aliphatic carbocycles. The lowest BCUT2D eigenvalue weighted by atomic mass is 10.0. The van der Waals surface area contributed by atoms with E-state index < -0.39 is 0 Å².